The van der Waals surface area contributed by atoms with Crippen LogP contribution in [0.25, 0.3) is 0 Å². The highest BCUT2D eigenvalue weighted by atomic mass is 19.2. The van der Waals surface area contributed by atoms with Gasteiger partial charge in [0, 0.05) is 19.8 Å². The zero-order valence-corrected chi connectivity index (χ0v) is 10.2. The number of rotatable bonds is 4. The molecule has 0 N–H and O–H groups in total. The number of carbonyl (C=O) groups excluding carboxylic acids is 1. The van der Waals surface area contributed by atoms with E-state index in [0.29, 0.717) is 12.5 Å². The molecule has 1 unspecified atom stereocenters. The summed E-state index contributed by atoms with van der Waals surface area (Å²) in [6.45, 7) is 4.52. The molecule has 1 aromatic heterocycles. The zero-order chi connectivity index (χ0) is 13.0. The second-order valence-electron chi connectivity index (χ2n) is 4.16. The van der Waals surface area contributed by atoms with Gasteiger partial charge in [0.15, 0.2) is 5.82 Å². The predicted molar refractivity (Wildman–Crippen MR) is 60.6 cm³/mol. The second-order valence-corrected chi connectivity index (χ2v) is 4.16. The Hall–Kier alpha value is -1.52. The average molecular weight is 242 g/mol. The minimum atomic E-state index is -1.24. The van der Waals surface area contributed by atoms with Crippen LogP contribution in [-0.2, 0) is 0 Å². The molecular formula is C12H16F2N2O. The Kier molecular flexibility index (Phi) is 4.54. The van der Waals surface area contributed by atoms with Crippen molar-refractivity contribution in [2.24, 2.45) is 5.92 Å². The molecule has 1 heterocycles. The van der Waals surface area contributed by atoms with Crippen molar-refractivity contribution in [2.45, 2.75) is 20.3 Å². The highest BCUT2D eigenvalue weighted by Gasteiger charge is 2.20. The van der Waals surface area contributed by atoms with E-state index in [1.165, 1.54) is 11.0 Å². The third-order valence-electron chi connectivity index (χ3n) is 2.71. The first-order chi connectivity index (χ1) is 7.97. The molecule has 0 saturated carbocycles. The summed E-state index contributed by atoms with van der Waals surface area (Å²) in [5.41, 5.74) is -0.275. The lowest BCUT2D eigenvalue weighted by atomic mass is 10.1. The van der Waals surface area contributed by atoms with E-state index in [0.717, 1.165) is 12.6 Å². The van der Waals surface area contributed by atoms with Crippen LogP contribution < -0.4 is 0 Å². The average Bonchev–Trinajstić information content (AvgIpc) is 2.31. The van der Waals surface area contributed by atoms with E-state index in [9.17, 15) is 13.6 Å². The molecule has 5 heteroatoms. The van der Waals surface area contributed by atoms with E-state index in [1.54, 1.807) is 7.05 Å². The molecule has 0 fully saturated rings. The van der Waals surface area contributed by atoms with E-state index >= 15 is 0 Å². The molecule has 0 aliphatic heterocycles. The van der Waals surface area contributed by atoms with E-state index in [2.05, 4.69) is 4.98 Å². The van der Waals surface area contributed by atoms with Gasteiger partial charge in [-0.3, -0.25) is 4.79 Å². The zero-order valence-electron chi connectivity index (χ0n) is 10.2. The van der Waals surface area contributed by atoms with Gasteiger partial charge in [-0.2, -0.15) is 4.39 Å². The normalized spacial score (nSPS) is 12.3. The molecule has 0 spiro atoms. The molecule has 0 bridgehead atoms. The van der Waals surface area contributed by atoms with Crippen LogP contribution in [0.15, 0.2) is 12.3 Å². The van der Waals surface area contributed by atoms with Crippen molar-refractivity contribution in [1.29, 1.82) is 0 Å². The maximum absolute atomic E-state index is 13.3. The number of carbonyl (C=O) groups is 1. The summed E-state index contributed by atoms with van der Waals surface area (Å²) in [6, 6.07) is 1.19. The van der Waals surface area contributed by atoms with Crippen molar-refractivity contribution in [1.82, 2.24) is 9.88 Å². The molecule has 1 amide bonds. The van der Waals surface area contributed by atoms with Gasteiger partial charge in [0.25, 0.3) is 5.91 Å². The van der Waals surface area contributed by atoms with Crippen molar-refractivity contribution in [3.8, 4) is 0 Å². The second kappa shape index (κ2) is 5.70. The van der Waals surface area contributed by atoms with Crippen LogP contribution in [0.5, 0.6) is 0 Å². The van der Waals surface area contributed by atoms with E-state index in [-0.39, 0.29) is 5.56 Å². The van der Waals surface area contributed by atoms with Crippen LogP contribution in [0.3, 0.4) is 0 Å². The molecule has 0 saturated heterocycles. The monoisotopic (exact) mass is 242 g/mol. The summed E-state index contributed by atoms with van der Waals surface area (Å²) >= 11 is 0. The van der Waals surface area contributed by atoms with Crippen LogP contribution in [-0.4, -0.2) is 29.4 Å². The summed E-state index contributed by atoms with van der Waals surface area (Å²) in [5, 5.41) is 0. The molecule has 0 aliphatic rings. The van der Waals surface area contributed by atoms with Crippen LogP contribution >= 0.6 is 0 Å². The topological polar surface area (TPSA) is 33.2 Å². The van der Waals surface area contributed by atoms with E-state index in [1.807, 2.05) is 13.8 Å². The van der Waals surface area contributed by atoms with Gasteiger partial charge in [-0.05, 0) is 12.0 Å². The molecule has 0 aromatic carbocycles. The van der Waals surface area contributed by atoms with Gasteiger partial charge in [0.2, 0.25) is 5.95 Å². The maximum atomic E-state index is 13.3. The standard InChI is InChI=1S/C12H16F2N2O/c1-4-8(2)7-16(3)12(17)9-5-6-15-11(14)10(9)13/h5-6,8H,4,7H2,1-3H3. The van der Waals surface area contributed by atoms with Gasteiger partial charge in [-0.1, -0.05) is 20.3 Å². The Labute approximate surface area is 99.5 Å². The lowest BCUT2D eigenvalue weighted by Crippen LogP contribution is -2.31. The maximum Gasteiger partial charge on any atom is 0.256 e. The van der Waals surface area contributed by atoms with Crippen LogP contribution in [0.4, 0.5) is 8.78 Å². The molecule has 94 valence electrons. The Morgan fingerprint density at radius 1 is 1.53 bits per heavy atom. The van der Waals surface area contributed by atoms with Gasteiger partial charge < -0.3 is 4.90 Å². The number of amides is 1. The van der Waals surface area contributed by atoms with Gasteiger partial charge in [0.1, 0.15) is 0 Å². The Morgan fingerprint density at radius 2 is 2.18 bits per heavy atom. The predicted octanol–water partition coefficient (Wildman–Crippen LogP) is 2.48. The number of nitrogens with zero attached hydrogens (tertiary/aromatic N) is 2. The minimum Gasteiger partial charge on any atom is -0.341 e. The quantitative estimate of drug-likeness (QED) is 0.760. The first-order valence-electron chi connectivity index (χ1n) is 5.52. The van der Waals surface area contributed by atoms with E-state index in [4.69, 9.17) is 0 Å². The van der Waals surface area contributed by atoms with Crippen LogP contribution in [0.2, 0.25) is 0 Å². The molecule has 17 heavy (non-hydrogen) atoms. The number of halogens is 2. The molecule has 0 aliphatic carbocycles. The lowest BCUT2D eigenvalue weighted by Gasteiger charge is -2.20. The summed E-state index contributed by atoms with van der Waals surface area (Å²) in [5.74, 6) is -2.64. The van der Waals surface area contributed by atoms with Crippen molar-refractivity contribution in [3.63, 3.8) is 0 Å². The Balaban J connectivity index is 2.85. The fourth-order valence-corrected chi connectivity index (χ4v) is 1.47. The first-order valence-corrected chi connectivity index (χ1v) is 5.52. The van der Waals surface area contributed by atoms with Crippen LogP contribution in [0.1, 0.15) is 30.6 Å². The van der Waals surface area contributed by atoms with Crippen molar-refractivity contribution >= 4 is 5.91 Å². The number of hydrogen-bond donors (Lipinski definition) is 0. The molecule has 1 rings (SSSR count). The summed E-state index contributed by atoms with van der Waals surface area (Å²) < 4.78 is 26.2. The number of hydrogen-bond acceptors (Lipinski definition) is 2. The largest absolute Gasteiger partial charge is 0.341 e. The van der Waals surface area contributed by atoms with Crippen molar-refractivity contribution in [3.05, 3.63) is 29.6 Å². The molecule has 1 aromatic rings. The number of aromatic nitrogens is 1. The van der Waals surface area contributed by atoms with Gasteiger partial charge in [-0.15, -0.1) is 0 Å². The Morgan fingerprint density at radius 3 is 2.76 bits per heavy atom. The van der Waals surface area contributed by atoms with Crippen LogP contribution in [0, 0.1) is 17.7 Å². The lowest BCUT2D eigenvalue weighted by molar-refractivity contribution is 0.0768. The smallest absolute Gasteiger partial charge is 0.256 e. The van der Waals surface area contributed by atoms with Gasteiger partial charge in [0.05, 0.1) is 5.56 Å². The van der Waals surface area contributed by atoms with Crippen molar-refractivity contribution in [2.75, 3.05) is 13.6 Å². The molecule has 0 radical (unpaired) electrons. The van der Waals surface area contributed by atoms with Gasteiger partial charge in [-0.25, -0.2) is 9.37 Å². The fourth-order valence-electron chi connectivity index (χ4n) is 1.47. The first kappa shape index (κ1) is 13.5. The summed E-state index contributed by atoms with van der Waals surface area (Å²) in [7, 11) is 1.58. The SMILES string of the molecule is CCC(C)CN(C)C(=O)c1ccnc(F)c1F. The van der Waals surface area contributed by atoms with Crippen molar-refractivity contribution < 1.29 is 13.6 Å². The fraction of sp³-hybridized carbons (Fsp3) is 0.500. The minimum absolute atomic E-state index is 0.275. The summed E-state index contributed by atoms with van der Waals surface area (Å²) in [6.07, 6.45) is 2.01. The molecule has 1 atom stereocenters. The highest BCUT2D eigenvalue weighted by Crippen LogP contribution is 2.12. The van der Waals surface area contributed by atoms with Gasteiger partial charge >= 0.3 is 0 Å². The summed E-state index contributed by atoms with van der Waals surface area (Å²) in [4.78, 5) is 16.4. The Bertz CT molecular complexity index is 409. The third kappa shape index (κ3) is 3.22. The highest BCUT2D eigenvalue weighted by molar-refractivity contribution is 5.94. The third-order valence-corrected chi connectivity index (χ3v) is 2.71. The van der Waals surface area contributed by atoms with E-state index < -0.39 is 17.7 Å². The molecule has 3 nitrogen and oxygen atoms in total. The number of pyridine rings is 1. The molecular weight excluding hydrogens is 226 g/mol.